The van der Waals surface area contributed by atoms with Crippen molar-refractivity contribution in [3.05, 3.63) is 22.3 Å². The summed E-state index contributed by atoms with van der Waals surface area (Å²) in [7, 11) is 0. The maximum absolute atomic E-state index is 11.9. The van der Waals surface area contributed by atoms with Crippen LogP contribution in [-0.2, 0) is 4.79 Å². The van der Waals surface area contributed by atoms with E-state index in [-0.39, 0.29) is 5.91 Å². The summed E-state index contributed by atoms with van der Waals surface area (Å²) in [6.07, 6.45) is 18.9. The molecule has 0 bridgehead atoms. The third-order valence-corrected chi connectivity index (χ3v) is 5.29. The third kappa shape index (κ3) is 11.7. The van der Waals surface area contributed by atoms with Crippen LogP contribution in [0.1, 0.15) is 96.8 Å². The summed E-state index contributed by atoms with van der Waals surface area (Å²) < 4.78 is 0. The van der Waals surface area contributed by atoms with Crippen LogP contribution in [0, 0.1) is 0 Å². The van der Waals surface area contributed by atoms with Gasteiger partial charge >= 0.3 is 0 Å². The fraction of sp³-hybridized carbons (Fsp3) is 0.714. The van der Waals surface area contributed by atoms with E-state index in [1.54, 1.807) is 6.07 Å². The minimum absolute atomic E-state index is 0.0148. The number of pyridine rings is 1. The van der Waals surface area contributed by atoms with Gasteiger partial charge in [-0.15, -0.1) is 0 Å². The van der Waals surface area contributed by atoms with Crippen LogP contribution in [0.25, 0.3) is 0 Å². The van der Waals surface area contributed by atoms with Gasteiger partial charge in [-0.2, -0.15) is 0 Å². The summed E-state index contributed by atoms with van der Waals surface area (Å²) in [5, 5.41) is 3.55. The molecule has 0 aromatic carbocycles. The number of nitrogens with one attached hydrogen (secondary N) is 1. The molecule has 1 rings (SSSR count). The first-order valence-electron chi connectivity index (χ1n) is 10.2. The summed E-state index contributed by atoms with van der Waals surface area (Å²) in [5.74, 6) is 0.443. The van der Waals surface area contributed by atoms with Crippen molar-refractivity contribution in [3.8, 4) is 0 Å². The Morgan fingerprint density at radius 3 is 1.85 bits per heavy atom. The van der Waals surface area contributed by atoms with Crippen LogP contribution in [0.15, 0.2) is 12.3 Å². The largest absolute Gasteiger partial charge is 0.311 e. The van der Waals surface area contributed by atoms with Gasteiger partial charge in [0, 0.05) is 18.7 Å². The lowest BCUT2D eigenvalue weighted by Gasteiger charge is -2.06. The van der Waals surface area contributed by atoms with E-state index in [1.807, 2.05) is 0 Å². The van der Waals surface area contributed by atoms with Gasteiger partial charge in [-0.25, -0.2) is 4.98 Å². The Hall–Kier alpha value is -0.800. The zero-order valence-electron chi connectivity index (χ0n) is 16.2. The second-order valence-electron chi connectivity index (χ2n) is 7.02. The topological polar surface area (TPSA) is 42.0 Å². The fourth-order valence-corrected chi connectivity index (χ4v) is 3.25. The molecule has 0 unspecified atom stereocenters. The smallest absolute Gasteiger partial charge is 0.225 e. The SMILES string of the molecule is CCCCCCCCCCCCCCCC(=O)Nc1cc(Cl)c(Cl)cn1. The predicted molar refractivity (Wildman–Crippen MR) is 113 cm³/mol. The lowest BCUT2D eigenvalue weighted by atomic mass is 10.0. The minimum atomic E-state index is -0.0148. The van der Waals surface area contributed by atoms with Crippen molar-refractivity contribution in [3.63, 3.8) is 0 Å². The number of unbranched alkanes of at least 4 members (excludes halogenated alkanes) is 12. The van der Waals surface area contributed by atoms with Crippen molar-refractivity contribution in [2.45, 2.75) is 96.8 Å². The number of aromatic nitrogens is 1. The van der Waals surface area contributed by atoms with E-state index in [9.17, 15) is 4.79 Å². The van der Waals surface area contributed by atoms with Crippen LogP contribution in [-0.4, -0.2) is 10.9 Å². The number of carbonyl (C=O) groups excluding carboxylic acids is 1. The van der Waals surface area contributed by atoms with E-state index in [2.05, 4.69) is 17.2 Å². The van der Waals surface area contributed by atoms with Crippen molar-refractivity contribution >= 4 is 34.9 Å². The second kappa shape index (κ2) is 15.3. The molecule has 0 atom stereocenters. The summed E-state index contributed by atoms with van der Waals surface area (Å²) in [5.41, 5.74) is 0. The van der Waals surface area contributed by atoms with Gasteiger partial charge in [0.05, 0.1) is 10.0 Å². The van der Waals surface area contributed by atoms with E-state index in [0.29, 0.717) is 22.3 Å². The van der Waals surface area contributed by atoms with Crippen LogP contribution in [0.2, 0.25) is 10.0 Å². The maximum atomic E-state index is 11.9. The number of nitrogens with zero attached hydrogens (tertiary/aromatic N) is 1. The average Bonchev–Trinajstić information content (AvgIpc) is 2.62. The summed E-state index contributed by atoms with van der Waals surface area (Å²) in [6.45, 7) is 2.26. The van der Waals surface area contributed by atoms with Gasteiger partial charge in [0.25, 0.3) is 0 Å². The number of amides is 1. The number of hydrogen-bond acceptors (Lipinski definition) is 2. The first kappa shape index (κ1) is 23.2. The monoisotopic (exact) mass is 400 g/mol. The highest BCUT2D eigenvalue weighted by atomic mass is 35.5. The highest BCUT2D eigenvalue weighted by molar-refractivity contribution is 6.42. The number of halogens is 2. The van der Waals surface area contributed by atoms with Gasteiger partial charge in [0.15, 0.2) is 0 Å². The van der Waals surface area contributed by atoms with Crippen molar-refractivity contribution < 1.29 is 4.79 Å². The minimum Gasteiger partial charge on any atom is -0.311 e. The molecule has 0 aliphatic carbocycles. The van der Waals surface area contributed by atoms with Crippen LogP contribution in [0.3, 0.4) is 0 Å². The predicted octanol–water partition coefficient (Wildman–Crippen LogP) is 7.81. The first-order chi connectivity index (χ1) is 12.6. The average molecular weight is 401 g/mol. The molecule has 0 spiro atoms. The Labute approximate surface area is 169 Å². The zero-order chi connectivity index (χ0) is 19.0. The van der Waals surface area contributed by atoms with E-state index in [4.69, 9.17) is 23.2 Å². The molecule has 1 N–H and O–H groups in total. The zero-order valence-corrected chi connectivity index (χ0v) is 17.7. The van der Waals surface area contributed by atoms with E-state index < -0.39 is 0 Å². The lowest BCUT2D eigenvalue weighted by molar-refractivity contribution is -0.116. The first-order valence-corrected chi connectivity index (χ1v) is 11.0. The molecule has 0 saturated heterocycles. The molecule has 3 nitrogen and oxygen atoms in total. The molecular formula is C21H34Cl2N2O. The molecule has 0 fully saturated rings. The molecular weight excluding hydrogens is 367 g/mol. The Morgan fingerprint density at radius 1 is 0.846 bits per heavy atom. The van der Waals surface area contributed by atoms with Gasteiger partial charge in [0.2, 0.25) is 5.91 Å². The lowest BCUT2D eigenvalue weighted by Crippen LogP contribution is -2.12. The fourth-order valence-electron chi connectivity index (χ4n) is 2.99. The molecule has 148 valence electrons. The number of carbonyl (C=O) groups is 1. The third-order valence-electron chi connectivity index (χ3n) is 4.58. The van der Waals surface area contributed by atoms with Crippen LogP contribution in [0.4, 0.5) is 5.82 Å². The van der Waals surface area contributed by atoms with E-state index >= 15 is 0 Å². The van der Waals surface area contributed by atoms with Crippen molar-refractivity contribution in [1.29, 1.82) is 0 Å². The van der Waals surface area contributed by atoms with E-state index in [1.165, 1.54) is 76.8 Å². The Kier molecular flexibility index (Phi) is 13.7. The molecule has 1 heterocycles. The molecule has 1 amide bonds. The molecule has 1 aromatic rings. The number of hydrogen-bond donors (Lipinski definition) is 1. The van der Waals surface area contributed by atoms with Crippen LogP contribution >= 0.6 is 23.2 Å². The molecule has 0 aliphatic heterocycles. The van der Waals surface area contributed by atoms with Gasteiger partial charge < -0.3 is 5.32 Å². The van der Waals surface area contributed by atoms with Crippen molar-refractivity contribution in [2.75, 3.05) is 5.32 Å². The highest BCUT2D eigenvalue weighted by Crippen LogP contribution is 2.23. The molecule has 5 heteroatoms. The number of anilines is 1. The van der Waals surface area contributed by atoms with Gasteiger partial charge in [-0.05, 0) is 6.42 Å². The molecule has 1 aromatic heterocycles. The van der Waals surface area contributed by atoms with Crippen molar-refractivity contribution in [2.24, 2.45) is 0 Å². The standard InChI is InChI=1S/C21H34Cl2N2O/c1-2-3-4-5-6-7-8-9-10-11-12-13-14-15-21(26)25-20-16-18(22)19(23)17-24-20/h16-17H,2-15H2,1H3,(H,24,25,26). The molecule has 26 heavy (non-hydrogen) atoms. The maximum Gasteiger partial charge on any atom is 0.225 e. The molecule has 0 aliphatic rings. The normalized spacial score (nSPS) is 10.9. The Morgan fingerprint density at radius 2 is 1.35 bits per heavy atom. The summed E-state index contributed by atoms with van der Waals surface area (Å²) in [6, 6.07) is 1.57. The number of rotatable bonds is 15. The van der Waals surface area contributed by atoms with Gasteiger partial charge in [-0.3, -0.25) is 4.79 Å². The summed E-state index contributed by atoms with van der Waals surface area (Å²) in [4.78, 5) is 15.9. The summed E-state index contributed by atoms with van der Waals surface area (Å²) >= 11 is 11.7. The van der Waals surface area contributed by atoms with E-state index in [0.717, 1.165) is 12.8 Å². The van der Waals surface area contributed by atoms with Crippen molar-refractivity contribution in [1.82, 2.24) is 4.98 Å². The molecule has 0 radical (unpaired) electrons. The van der Waals surface area contributed by atoms with Crippen LogP contribution in [0.5, 0.6) is 0 Å². The molecule has 0 saturated carbocycles. The van der Waals surface area contributed by atoms with Gasteiger partial charge in [0.1, 0.15) is 5.82 Å². The van der Waals surface area contributed by atoms with Crippen LogP contribution < -0.4 is 5.32 Å². The second-order valence-corrected chi connectivity index (χ2v) is 7.84. The Balaban J connectivity index is 1.91. The quantitative estimate of drug-likeness (QED) is 0.305. The van der Waals surface area contributed by atoms with Gasteiger partial charge in [-0.1, -0.05) is 107 Å². The highest BCUT2D eigenvalue weighted by Gasteiger charge is 2.05. The Bertz CT molecular complexity index is 509.